The van der Waals surface area contributed by atoms with Crippen molar-refractivity contribution >= 4 is 22.6 Å². The molecule has 2 heterocycles. The molecule has 2 aliphatic rings. The lowest BCUT2D eigenvalue weighted by molar-refractivity contribution is 0.0696. The molecule has 0 bridgehead atoms. The topological polar surface area (TPSA) is 75.9 Å². The minimum Gasteiger partial charge on any atom is -0.379 e. The Bertz CT molecular complexity index is 324. The van der Waals surface area contributed by atoms with Crippen LogP contribution in [0.3, 0.4) is 0 Å². The summed E-state index contributed by atoms with van der Waals surface area (Å²) in [5.74, 6) is 0. The SMILES string of the molecule is Cl.NC1CCN(S(=O)(=O)N2CCOCC2)CC1. The molecule has 0 aromatic heterocycles. The third kappa shape index (κ3) is 3.52. The summed E-state index contributed by atoms with van der Waals surface area (Å²) in [5.41, 5.74) is 5.76. The van der Waals surface area contributed by atoms with Crippen LogP contribution in [-0.4, -0.2) is 62.5 Å². The molecular formula is C9H20ClN3O3S. The van der Waals surface area contributed by atoms with Crippen molar-refractivity contribution in [1.82, 2.24) is 8.61 Å². The summed E-state index contributed by atoms with van der Waals surface area (Å²) in [7, 11) is -3.28. The highest BCUT2D eigenvalue weighted by Gasteiger charge is 2.32. The van der Waals surface area contributed by atoms with Gasteiger partial charge in [0, 0.05) is 32.2 Å². The third-order valence-electron chi connectivity index (χ3n) is 3.12. The van der Waals surface area contributed by atoms with Crippen molar-refractivity contribution in [3.8, 4) is 0 Å². The molecule has 2 rings (SSSR count). The van der Waals surface area contributed by atoms with Gasteiger partial charge in [-0.15, -0.1) is 12.4 Å². The standard InChI is InChI=1S/C9H19N3O3S.ClH/c10-9-1-3-11(4-2-9)16(13,14)12-5-7-15-8-6-12;/h9H,1-8,10H2;1H. The number of piperidine rings is 1. The average Bonchev–Trinajstić information content (AvgIpc) is 2.31. The first-order chi connectivity index (χ1) is 7.60. The molecule has 102 valence electrons. The molecule has 6 nitrogen and oxygen atoms in total. The molecule has 0 amide bonds. The monoisotopic (exact) mass is 285 g/mol. The van der Waals surface area contributed by atoms with E-state index in [-0.39, 0.29) is 18.4 Å². The largest absolute Gasteiger partial charge is 0.379 e. The minimum atomic E-state index is -3.28. The first kappa shape index (κ1) is 15.1. The zero-order valence-electron chi connectivity index (χ0n) is 9.75. The van der Waals surface area contributed by atoms with E-state index in [0.29, 0.717) is 39.4 Å². The quantitative estimate of drug-likeness (QED) is 0.736. The minimum absolute atomic E-state index is 0. The first-order valence-corrected chi connectivity index (χ1v) is 7.09. The van der Waals surface area contributed by atoms with Gasteiger partial charge in [0.05, 0.1) is 13.2 Å². The molecule has 2 N–H and O–H groups in total. The van der Waals surface area contributed by atoms with E-state index in [1.807, 2.05) is 0 Å². The maximum absolute atomic E-state index is 12.2. The summed E-state index contributed by atoms with van der Waals surface area (Å²) in [5, 5.41) is 0. The van der Waals surface area contributed by atoms with E-state index in [9.17, 15) is 8.42 Å². The van der Waals surface area contributed by atoms with Crippen LogP contribution >= 0.6 is 12.4 Å². The summed E-state index contributed by atoms with van der Waals surface area (Å²) in [6.07, 6.45) is 1.51. The van der Waals surface area contributed by atoms with E-state index < -0.39 is 10.2 Å². The molecule has 2 saturated heterocycles. The number of nitrogens with zero attached hydrogens (tertiary/aromatic N) is 2. The van der Waals surface area contributed by atoms with Gasteiger partial charge in [0.1, 0.15) is 0 Å². The molecule has 0 aliphatic carbocycles. The molecule has 0 unspecified atom stereocenters. The van der Waals surface area contributed by atoms with E-state index in [1.54, 1.807) is 4.31 Å². The van der Waals surface area contributed by atoms with Crippen molar-refractivity contribution in [2.45, 2.75) is 18.9 Å². The van der Waals surface area contributed by atoms with Gasteiger partial charge in [0.15, 0.2) is 0 Å². The number of halogens is 1. The second-order valence-electron chi connectivity index (χ2n) is 4.26. The third-order valence-corrected chi connectivity index (χ3v) is 5.16. The number of rotatable bonds is 2. The first-order valence-electron chi connectivity index (χ1n) is 5.69. The molecule has 0 aromatic rings. The molecule has 2 aliphatic heterocycles. The number of morpholine rings is 1. The summed E-state index contributed by atoms with van der Waals surface area (Å²) in [6.45, 7) is 3.00. The fraction of sp³-hybridized carbons (Fsp3) is 1.00. The van der Waals surface area contributed by atoms with Crippen LogP contribution in [0.4, 0.5) is 0 Å². The Morgan fingerprint density at radius 2 is 1.47 bits per heavy atom. The van der Waals surface area contributed by atoms with Crippen molar-refractivity contribution in [3.63, 3.8) is 0 Å². The van der Waals surface area contributed by atoms with E-state index in [2.05, 4.69) is 0 Å². The highest BCUT2D eigenvalue weighted by atomic mass is 35.5. The zero-order chi connectivity index (χ0) is 11.6. The Morgan fingerprint density at radius 3 is 2.00 bits per heavy atom. The Balaban J connectivity index is 0.00000144. The highest BCUT2D eigenvalue weighted by Crippen LogP contribution is 2.16. The van der Waals surface area contributed by atoms with E-state index in [4.69, 9.17) is 10.5 Å². The molecule has 0 radical (unpaired) electrons. The Kier molecular flexibility index (Phi) is 5.62. The van der Waals surface area contributed by atoms with Gasteiger partial charge in [-0.1, -0.05) is 0 Å². The summed E-state index contributed by atoms with van der Waals surface area (Å²) in [4.78, 5) is 0. The van der Waals surface area contributed by atoms with Gasteiger partial charge >= 0.3 is 0 Å². The Morgan fingerprint density at radius 1 is 1.00 bits per heavy atom. The lowest BCUT2D eigenvalue weighted by Crippen LogP contribution is -2.52. The van der Waals surface area contributed by atoms with Gasteiger partial charge in [-0.25, -0.2) is 0 Å². The van der Waals surface area contributed by atoms with Crippen molar-refractivity contribution in [1.29, 1.82) is 0 Å². The number of hydrogen-bond donors (Lipinski definition) is 1. The maximum Gasteiger partial charge on any atom is 0.282 e. The Labute approximate surface area is 109 Å². The van der Waals surface area contributed by atoms with Crippen LogP contribution in [0.2, 0.25) is 0 Å². The van der Waals surface area contributed by atoms with Gasteiger partial charge in [-0.05, 0) is 12.8 Å². The van der Waals surface area contributed by atoms with Crippen LogP contribution in [0.1, 0.15) is 12.8 Å². The van der Waals surface area contributed by atoms with Crippen molar-refractivity contribution in [3.05, 3.63) is 0 Å². The lowest BCUT2D eigenvalue weighted by Gasteiger charge is -2.35. The van der Waals surface area contributed by atoms with Crippen molar-refractivity contribution in [2.24, 2.45) is 5.73 Å². The predicted molar refractivity (Wildman–Crippen MR) is 67.3 cm³/mol. The number of ether oxygens (including phenoxy) is 1. The van der Waals surface area contributed by atoms with Gasteiger partial charge in [-0.3, -0.25) is 0 Å². The fourth-order valence-electron chi connectivity index (χ4n) is 2.05. The lowest BCUT2D eigenvalue weighted by atomic mass is 10.1. The van der Waals surface area contributed by atoms with Crippen LogP contribution in [0.15, 0.2) is 0 Å². The summed E-state index contributed by atoms with van der Waals surface area (Å²) >= 11 is 0. The summed E-state index contributed by atoms with van der Waals surface area (Å²) in [6, 6.07) is 0.149. The van der Waals surface area contributed by atoms with Crippen molar-refractivity contribution < 1.29 is 13.2 Å². The van der Waals surface area contributed by atoms with Crippen LogP contribution in [-0.2, 0) is 14.9 Å². The van der Waals surface area contributed by atoms with Crippen LogP contribution in [0, 0.1) is 0 Å². The maximum atomic E-state index is 12.2. The molecule has 8 heteroatoms. The number of nitrogens with two attached hydrogens (primary N) is 1. The van der Waals surface area contributed by atoms with Crippen LogP contribution in [0.25, 0.3) is 0 Å². The van der Waals surface area contributed by atoms with Gasteiger partial charge in [-0.2, -0.15) is 17.0 Å². The molecule has 0 saturated carbocycles. The predicted octanol–water partition coefficient (Wildman–Crippen LogP) is -0.592. The summed E-state index contributed by atoms with van der Waals surface area (Å²) < 4.78 is 32.6. The molecule has 0 spiro atoms. The second-order valence-corrected chi connectivity index (χ2v) is 6.18. The van der Waals surface area contributed by atoms with Gasteiger partial charge in [0.25, 0.3) is 10.2 Å². The van der Waals surface area contributed by atoms with E-state index >= 15 is 0 Å². The smallest absolute Gasteiger partial charge is 0.282 e. The van der Waals surface area contributed by atoms with Gasteiger partial charge < -0.3 is 10.5 Å². The zero-order valence-corrected chi connectivity index (χ0v) is 11.4. The average molecular weight is 286 g/mol. The fourth-order valence-corrected chi connectivity index (χ4v) is 3.66. The highest BCUT2D eigenvalue weighted by molar-refractivity contribution is 7.86. The van der Waals surface area contributed by atoms with Crippen LogP contribution < -0.4 is 5.73 Å². The molecular weight excluding hydrogens is 266 g/mol. The van der Waals surface area contributed by atoms with Crippen LogP contribution in [0.5, 0.6) is 0 Å². The van der Waals surface area contributed by atoms with E-state index in [0.717, 1.165) is 12.8 Å². The second kappa shape index (κ2) is 6.31. The molecule has 0 aromatic carbocycles. The molecule has 2 fully saturated rings. The molecule has 0 atom stereocenters. The van der Waals surface area contributed by atoms with Gasteiger partial charge in [0.2, 0.25) is 0 Å². The number of hydrogen-bond acceptors (Lipinski definition) is 4. The Hall–Kier alpha value is 0.0800. The molecule has 17 heavy (non-hydrogen) atoms. The van der Waals surface area contributed by atoms with Crippen molar-refractivity contribution in [2.75, 3.05) is 39.4 Å². The van der Waals surface area contributed by atoms with E-state index in [1.165, 1.54) is 4.31 Å². The normalized spacial score (nSPS) is 25.5.